The molecule has 0 atom stereocenters. The molecule has 1 N–H and O–H groups in total. The third kappa shape index (κ3) is 5.16. The lowest BCUT2D eigenvalue weighted by molar-refractivity contribution is -0.132. The first-order chi connectivity index (χ1) is 13.8. The molecule has 1 saturated heterocycles. The fourth-order valence-electron chi connectivity index (χ4n) is 3.11. The minimum Gasteiger partial charge on any atom is -0.352 e. The maximum atomic E-state index is 12.6. The molecule has 10 heteroatoms. The van der Waals surface area contributed by atoms with E-state index in [1.165, 1.54) is 10.4 Å². The van der Waals surface area contributed by atoms with Gasteiger partial charge in [-0.25, -0.2) is 8.42 Å². The van der Waals surface area contributed by atoms with Gasteiger partial charge in [0, 0.05) is 44.7 Å². The second-order valence-corrected chi connectivity index (χ2v) is 10.5. The number of nitrogens with one attached hydrogen (secondary N) is 1. The molecule has 2 amide bonds. The van der Waals surface area contributed by atoms with E-state index in [2.05, 4.69) is 5.32 Å². The highest BCUT2D eigenvalue weighted by atomic mass is 35.5. The van der Waals surface area contributed by atoms with Gasteiger partial charge < -0.3 is 10.2 Å². The van der Waals surface area contributed by atoms with Crippen molar-refractivity contribution < 1.29 is 18.0 Å². The highest BCUT2D eigenvalue weighted by Gasteiger charge is 2.31. The molecular formula is C19H22ClN3O4S2. The van der Waals surface area contributed by atoms with Crippen molar-refractivity contribution in [2.45, 2.75) is 17.6 Å². The van der Waals surface area contributed by atoms with Crippen molar-refractivity contribution in [2.24, 2.45) is 0 Å². The number of benzene rings is 1. The maximum absolute atomic E-state index is 12.6. The molecule has 0 aliphatic carbocycles. The molecule has 2 heterocycles. The quantitative estimate of drug-likeness (QED) is 0.724. The molecule has 0 bridgehead atoms. The van der Waals surface area contributed by atoms with Crippen molar-refractivity contribution in [1.29, 1.82) is 0 Å². The van der Waals surface area contributed by atoms with Crippen LogP contribution in [-0.4, -0.2) is 62.2 Å². The normalized spacial score (nSPS) is 15.3. The molecule has 0 radical (unpaired) electrons. The molecule has 156 valence electrons. The summed E-state index contributed by atoms with van der Waals surface area (Å²) in [5.41, 5.74) is 1.47. The van der Waals surface area contributed by atoms with E-state index in [9.17, 15) is 18.0 Å². The average molecular weight is 456 g/mol. The Bertz CT molecular complexity index is 998. The van der Waals surface area contributed by atoms with E-state index in [1.54, 1.807) is 23.1 Å². The van der Waals surface area contributed by atoms with Gasteiger partial charge in [-0.1, -0.05) is 29.8 Å². The van der Waals surface area contributed by atoms with Crippen LogP contribution in [0.2, 0.25) is 4.34 Å². The molecule has 0 unspecified atom stereocenters. The van der Waals surface area contributed by atoms with Crippen molar-refractivity contribution in [3.63, 3.8) is 0 Å². The van der Waals surface area contributed by atoms with E-state index in [-0.39, 0.29) is 42.1 Å². The first kappa shape index (κ1) is 21.8. The number of thiophene rings is 1. The topological polar surface area (TPSA) is 86.8 Å². The zero-order valence-electron chi connectivity index (χ0n) is 15.9. The van der Waals surface area contributed by atoms with Gasteiger partial charge in [0.15, 0.2) is 0 Å². The summed E-state index contributed by atoms with van der Waals surface area (Å²) in [5.74, 6) is -0.312. The minimum atomic E-state index is -3.58. The van der Waals surface area contributed by atoms with Crippen LogP contribution in [0, 0.1) is 6.92 Å². The number of carbonyl (C=O) groups excluding carboxylic acids is 2. The second-order valence-electron chi connectivity index (χ2n) is 6.66. The van der Waals surface area contributed by atoms with Gasteiger partial charge >= 0.3 is 0 Å². The number of hydrogen-bond acceptors (Lipinski definition) is 5. The Hall–Kier alpha value is -1.94. The zero-order valence-corrected chi connectivity index (χ0v) is 18.3. The molecule has 2 aromatic rings. The van der Waals surface area contributed by atoms with Crippen molar-refractivity contribution in [3.05, 3.63) is 51.9 Å². The largest absolute Gasteiger partial charge is 0.352 e. The van der Waals surface area contributed by atoms with Gasteiger partial charge in [0.25, 0.3) is 15.9 Å². The summed E-state index contributed by atoms with van der Waals surface area (Å²) in [4.78, 5) is 26.2. The fraction of sp³-hybridized carbons (Fsp3) is 0.368. The Morgan fingerprint density at radius 3 is 2.41 bits per heavy atom. The molecule has 3 rings (SSSR count). The van der Waals surface area contributed by atoms with Crippen molar-refractivity contribution >= 4 is 44.8 Å². The van der Waals surface area contributed by atoms with Crippen LogP contribution in [0.5, 0.6) is 0 Å². The van der Waals surface area contributed by atoms with Crippen LogP contribution in [0.25, 0.3) is 0 Å². The lowest BCUT2D eigenvalue weighted by Gasteiger charge is -2.33. The lowest BCUT2D eigenvalue weighted by atomic mass is 10.1. The molecule has 1 fully saturated rings. The summed E-state index contributed by atoms with van der Waals surface area (Å²) in [6, 6.07) is 10.3. The molecule has 29 heavy (non-hydrogen) atoms. The molecule has 0 spiro atoms. The lowest BCUT2D eigenvalue weighted by Crippen LogP contribution is -2.50. The van der Waals surface area contributed by atoms with Crippen molar-refractivity contribution in [2.75, 3.05) is 32.7 Å². The molecular weight excluding hydrogens is 434 g/mol. The van der Waals surface area contributed by atoms with Gasteiger partial charge in [0.1, 0.15) is 4.21 Å². The van der Waals surface area contributed by atoms with Crippen LogP contribution in [0.15, 0.2) is 40.6 Å². The highest BCUT2D eigenvalue weighted by molar-refractivity contribution is 7.91. The molecule has 1 aliphatic rings. The van der Waals surface area contributed by atoms with Gasteiger partial charge in [0.05, 0.1) is 4.34 Å². The number of piperazine rings is 1. The monoisotopic (exact) mass is 455 g/mol. The van der Waals surface area contributed by atoms with Gasteiger partial charge in [0.2, 0.25) is 5.91 Å². The minimum absolute atomic E-state index is 0.105. The number of sulfonamides is 1. The van der Waals surface area contributed by atoms with Crippen LogP contribution in [0.1, 0.15) is 22.3 Å². The SMILES string of the molecule is Cc1ccccc1C(=O)NCCC(=O)N1CCN(S(=O)(=O)c2ccc(Cl)s2)CC1. The number of amides is 2. The van der Waals surface area contributed by atoms with E-state index in [1.807, 2.05) is 19.1 Å². The molecule has 1 aromatic heterocycles. The van der Waals surface area contributed by atoms with Gasteiger partial charge in [-0.05, 0) is 30.7 Å². The fourth-order valence-corrected chi connectivity index (χ4v) is 6.16. The van der Waals surface area contributed by atoms with Crippen LogP contribution < -0.4 is 5.32 Å². The third-order valence-corrected chi connectivity index (χ3v) is 8.35. The van der Waals surface area contributed by atoms with Gasteiger partial charge in [-0.15, -0.1) is 11.3 Å². The molecule has 7 nitrogen and oxygen atoms in total. The summed E-state index contributed by atoms with van der Waals surface area (Å²) in [5, 5.41) is 2.76. The number of nitrogens with zero attached hydrogens (tertiary/aromatic N) is 2. The predicted octanol–water partition coefficient (Wildman–Crippen LogP) is 2.36. The number of aryl methyl sites for hydroxylation is 1. The summed E-state index contributed by atoms with van der Waals surface area (Å²) < 4.78 is 27.2. The van der Waals surface area contributed by atoms with E-state index >= 15 is 0 Å². The Kier molecular flexibility index (Phi) is 6.94. The highest BCUT2D eigenvalue weighted by Crippen LogP contribution is 2.28. The van der Waals surface area contributed by atoms with E-state index in [0.717, 1.165) is 16.9 Å². The summed E-state index contributed by atoms with van der Waals surface area (Å²) in [7, 11) is -3.58. The van der Waals surface area contributed by atoms with Gasteiger partial charge in [-0.2, -0.15) is 4.31 Å². The summed E-state index contributed by atoms with van der Waals surface area (Å²) >= 11 is 6.86. The first-order valence-corrected chi connectivity index (χ1v) is 11.8. The smallest absolute Gasteiger partial charge is 0.252 e. The Labute approximate surface area is 179 Å². The number of carbonyl (C=O) groups is 2. The van der Waals surface area contributed by atoms with Crippen LogP contribution >= 0.6 is 22.9 Å². The summed E-state index contributed by atoms with van der Waals surface area (Å²) in [6.07, 6.45) is 0.172. The van der Waals surface area contributed by atoms with Gasteiger partial charge in [-0.3, -0.25) is 9.59 Å². The standard InChI is InChI=1S/C19H22ClN3O4S2/c1-14-4-2-3-5-15(14)19(25)21-9-8-17(24)22-10-12-23(13-11-22)29(26,27)18-7-6-16(20)28-18/h2-7H,8-13H2,1H3,(H,21,25). The molecule has 1 aliphatic heterocycles. The Morgan fingerprint density at radius 1 is 1.10 bits per heavy atom. The van der Waals surface area contributed by atoms with E-state index < -0.39 is 10.0 Å². The average Bonchev–Trinajstić information content (AvgIpc) is 3.15. The summed E-state index contributed by atoms with van der Waals surface area (Å²) in [6.45, 7) is 3.21. The van der Waals surface area contributed by atoms with Crippen LogP contribution in [0.3, 0.4) is 0 Å². The molecule has 0 saturated carbocycles. The number of rotatable bonds is 6. The zero-order chi connectivity index (χ0) is 21.0. The maximum Gasteiger partial charge on any atom is 0.252 e. The second kappa shape index (κ2) is 9.25. The Balaban J connectivity index is 1.47. The van der Waals surface area contributed by atoms with Crippen molar-refractivity contribution in [3.8, 4) is 0 Å². The predicted molar refractivity (Wildman–Crippen MR) is 113 cm³/mol. The van der Waals surface area contributed by atoms with E-state index in [4.69, 9.17) is 11.6 Å². The number of halogens is 1. The third-order valence-electron chi connectivity index (χ3n) is 4.75. The van der Waals surface area contributed by atoms with E-state index in [0.29, 0.717) is 23.0 Å². The number of hydrogen-bond donors (Lipinski definition) is 1. The van der Waals surface area contributed by atoms with Crippen molar-refractivity contribution in [1.82, 2.24) is 14.5 Å². The van der Waals surface area contributed by atoms with Crippen LogP contribution in [-0.2, 0) is 14.8 Å². The van der Waals surface area contributed by atoms with Crippen LogP contribution in [0.4, 0.5) is 0 Å². The Morgan fingerprint density at radius 2 is 1.79 bits per heavy atom. The first-order valence-electron chi connectivity index (χ1n) is 9.16. The molecule has 1 aromatic carbocycles.